The number of halogens is 7. The summed E-state index contributed by atoms with van der Waals surface area (Å²) in [6.45, 7) is 7.90. The normalized spacial score (nSPS) is 19.2. The van der Waals surface area contributed by atoms with Gasteiger partial charge in [-0.1, -0.05) is 29.8 Å². The molecule has 0 saturated carbocycles. The van der Waals surface area contributed by atoms with E-state index in [1.165, 1.54) is 32.4 Å². The first-order chi connectivity index (χ1) is 26.3. The van der Waals surface area contributed by atoms with E-state index < -0.39 is 57.9 Å². The molecule has 6 rings (SSSR count). The van der Waals surface area contributed by atoms with Crippen molar-refractivity contribution in [3.05, 3.63) is 151 Å². The van der Waals surface area contributed by atoms with Crippen molar-refractivity contribution in [3.8, 4) is 0 Å². The average molecular weight is 799 g/mol. The summed E-state index contributed by atoms with van der Waals surface area (Å²) < 4.78 is 93.0. The predicted octanol–water partition coefficient (Wildman–Crippen LogP) is 7.38. The van der Waals surface area contributed by atoms with Crippen molar-refractivity contribution in [2.45, 2.75) is 45.7 Å². The van der Waals surface area contributed by atoms with Gasteiger partial charge in [0.1, 0.15) is 45.7 Å². The van der Waals surface area contributed by atoms with Gasteiger partial charge in [0.05, 0.1) is 42.8 Å². The second-order valence-corrected chi connectivity index (χ2v) is 13.3. The summed E-state index contributed by atoms with van der Waals surface area (Å²) >= 11 is 5.76. The fourth-order valence-electron chi connectivity index (χ4n) is 6.25. The Bertz CT molecular complexity index is 2240. The number of nitrogens with zero attached hydrogens (tertiary/aromatic N) is 4. The van der Waals surface area contributed by atoms with E-state index in [-0.39, 0.29) is 44.8 Å². The predicted molar refractivity (Wildman–Crippen MR) is 194 cm³/mol. The zero-order chi connectivity index (χ0) is 41.3. The lowest BCUT2D eigenvalue weighted by Crippen LogP contribution is -2.41. The SMILES string of the molecule is COC(=O)C1=C(C)NC(c2ncc(F)cc2F)=NC1(C)c1ccc(C)c(F)c1.COC(=O)C1=C(C)NC(c2ncc(F)cc2F)=NC1(C)c1ccc(Cl)c(F)c1. The van der Waals surface area contributed by atoms with Crippen molar-refractivity contribution in [2.75, 3.05) is 14.2 Å². The molecule has 0 saturated heterocycles. The van der Waals surface area contributed by atoms with Crippen molar-refractivity contribution in [1.82, 2.24) is 20.6 Å². The van der Waals surface area contributed by atoms with Crippen molar-refractivity contribution in [3.63, 3.8) is 0 Å². The van der Waals surface area contributed by atoms with Gasteiger partial charge in [0.25, 0.3) is 0 Å². The maximum atomic E-state index is 14.3. The van der Waals surface area contributed by atoms with Crippen LogP contribution in [0.1, 0.15) is 55.8 Å². The molecule has 56 heavy (non-hydrogen) atoms. The van der Waals surface area contributed by atoms with Crippen LogP contribution in [-0.4, -0.2) is 47.8 Å². The topological polar surface area (TPSA) is 127 Å². The molecule has 0 spiro atoms. The number of aryl methyl sites for hydroxylation is 1. The molecule has 4 heterocycles. The maximum absolute atomic E-state index is 14.3. The summed E-state index contributed by atoms with van der Waals surface area (Å²) in [6, 6.07) is 9.79. The molecular weight excluding hydrogens is 766 g/mol. The number of esters is 2. The Balaban J connectivity index is 0.000000214. The van der Waals surface area contributed by atoms with E-state index in [9.17, 15) is 35.9 Å². The first kappa shape index (κ1) is 41.1. The fourth-order valence-corrected chi connectivity index (χ4v) is 6.36. The minimum atomic E-state index is -1.44. The molecule has 10 nitrogen and oxygen atoms in total. The zero-order valence-electron chi connectivity index (χ0n) is 30.8. The van der Waals surface area contributed by atoms with E-state index in [0.29, 0.717) is 34.7 Å². The van der Waals surface area contributed by atoms with Gasteiger partial charge < -0.3 is 20.1 Å². The van der Waals surface area contributed by atoms with E-state index in [2.05, 4.69) is 30.6 Å². The molecule has 2 aromatic heterocycles. The van der Waals surface area contributed by atoms with Gasteiger partial charge >= 0.3 is 11.9 Å². The largest absolute Gasteiger partial charge is 0.466 e. The molecule has 2 atom stereocenters. The van der Waals surface area contributed by atoms with Crippen molar-refractivity contribution < 1.29 is 45.4 Å². The number of amidine groups is 2. The number of nitrogens with one attached hydrogen (secondary N) is 2. The molecule has 2 unspecified atom stereocenters. The minimum Gasteiger partial charge on any atom is -0.466 e. The first-order valence-corrected chi connectivity index (χ1v) is 16.9. The van der Waals surface area contributed by atoms with E-state index in [0.717, 1.165) is 18.5 Å². The third-order valence-electron chi connectivity index (χ3n) is 9.07. The van der Waals surface area contributed by atoms with Gasteiger partial charge in [-0.3, -0.25) is 0 Å². The molecule has 0 radical (unpaired) electrons. The maximum Gasteiger partial charge on any atom is 0.338 e. The molecule has 0 amide bonds. The van der Waals surface area contributed by atoms with Crippen LogP contribution < -0.4 is 10.6 Å². The van der Waals surface area contributed by atoms with Crippen LogP contribution in [0.3, 0.4) is 0 Å². The summed E-state index contributed by atoms with van der Waals surface area (Å²) in [7, 11) is 2.42. The summed E-state index contributed by atoms with van der Waals surface area (Å²) in [4.78, 5) is 41.3. The van der Waals surface area contributed by atoms with Crippen molar-refractivity contribution in [2.24, 2.45) is 9.98 Å². The molecular formula is C39H33ClF6N6O4. The van der Waals surface area contributed by atoms with E-state index in [1.54, 1.807) is 46.8 Å². The number of carbonyl (C=O) groups is 2. The molecule has 0 aliphatic carbocycles. The van der Waals surface area contributed by atoms with Crippen LogP contribution >= 0.6 is 11.6 Å². The summed E-state index contributed by atoms with van der Waals surface area (Å²) in [5.41, 5.74) is -1.31. The smallest absolute Gasteiger partial charge is 0.338 e. The standard InChI is InChI=1S/C20H18F3N3O2.C19H15ClF3N3O2/c1-10-5-6-12(7-14(10)22)20(3)16(19(27)28-4)11(2)25-18(26-20)17-15(23)8-13(21)9-24-17;1-9-15(18(27)28-3)19(2,10-4-5-12(20)13(22)6-10)26-17(25-9)16-14(23)7-11(21)8-24-16/h5-9H,1-4H3,(H,25,26);4-8H,1-3H3,(H,25,26). The van der Waals surface area contributed by atoms with Gasteiger partial charge in [-0.15, -0.1) is 0 Å². The molecule has 2 aliphatic heterocycles. The van der Waals surface area contributed by atoms with E-state index in [1.807, 2.05) is 0 Å². The third kappa shape index (κ3) is 7.87. The number of hydrogen-bond donors (Lipinski definition) is 2. The van der Waals surface area contributed by atoms with E-state index >= 15 is 0 Å². The molecule has 2 aromatic carbocycles. The zero-order valence-corrected chi connectivity index (χ0v) is 31.6. The van der Waals surface area contributed by atoms with Crippen LogP contribution in [0.5, 0.6) is 0 Å². The fraction of sp³-hybridized carbons (Fsp3) is 0.231. The van der Waals surface area contributed by atoms with Crippen molar-refractivity contribution in [1.29, 1.82) is 0 Å². The summed E-state index contributed by atoms with van der Waals surface area (Å²) in [5.74, 6) is -6.12. The Hall–Kier alpha value is -6.03. The van der Waals surface area contributed by atoms with Crippen LogP contribution in [0, 0.1) is 41.8 Å². The number of hydrogen-bond acceptors (Lipinski definition) is 10. The number of methoxy groups -OCH3 is 2. The van der Waals surface area contributed by atoms with Crippen molar-refractivity contribution >= 4 is 35.2 Å². The number of ether oxygens (including phenoxy) is 2. The summed E-state index contributed by atoms with van der Waals surface area (Å²) in [5, 5.41) is 5.51. The molecule has 2 aliphatic rings. The lowest BCUT2D eigenvalue weighted by Gasteiger charge is -2.34. The Labute approximate surface area is 322 Å². The molecule has 0 fully saturated rings. The van der Waals surface area contributed by atoms with Gasteiger partial charge in [-0.25, -0.2) is 55.9 Å². The lowest BCUT2D eigenvalue weighted by atomic mass is 9.82. The quantitative estimate of drug-likeness (QED) is 0.153. The Morgan fingerprint density at radius 1 is 0.625 bits per heavy atom. The second kappa shape index (κ2) is 16.0. The first-order valence-electron chi connectivity index (χ1n) is 16.5. The minimum absolute atomic E-state index is 0.00821. The summed E-state index contributed by atoms with van der Waals surface area (Å²) in [6.07, 6.45) is 1.71. The Morgan fingerprint density at radius 3 is 1.41 bits per heavy atom. The highest BCUT2D eigenvalue weighted by Crippen LogP contribution is 2.41. The van der Waals surface area contributed by atoms with E-state index in [4.69, 9.17) is 21.1 Å². The molecule has 0 bridgehead atoms. The lowest BCUT2D eigenvalue weighted by molar-refractivity contribution is -0.137. The van der Waals surface area contributed by atoms with Crippen LogP contribution in [-0.2, 0) is 30.1 Å². The second-order valence-electron chi connectivity index (χ2n) is 12.9. The molecule has 4 aromatic rings. The van der Waals surface area contributed by atoms with Gasteiger partial charge in [0, 0.05) is 23.5 Å². The van der Waals surface area contributed by atoms with Crippen LogP contribution in [0.25, 0.3) is 0 Å². The number of pyridine rings is 2. The van der Waals surface area contributed by atoms with Gasteiger partial charge in [-0.05, 0) is 69.5 Å². The molecule has 292 valence electrons. The molecule has 2 N–H and O–H groups in total. The third-order valence-corrected chi connectivity index (χ3v) is 9.37. The number of benzene rings is 2. The van der Waals surface area contributed by atoms with Crippen LogP contribution in [0.15, 0.2) is 93.4 Å². The monoisotopic (exact) mass is 798 g/mol. The van der Waals surface area contributed by atoms with Crippen LogP contribution in [0.2, 0.25) is 5.02 Å². The number of aliphatic imine (C=N–C) groups is 2. The van der Waals surface area contributed by atoms with Gasteiger partial charge in [0.2, 0.25) is 0 Å². The average Bonchev–Trinajstić information content (AvgIpc) is 3.13. The highest BCUT2D eigenvalue weighted by atomic mass is 35.5. The van der Waals surface area contributed by atoms with Crippen LogP contribution in [0.4, 0.5) is 26.3 Å². The van der Waals surface area contributed by atoms with Gasteiger partial charge in [-0.2, -0.15) is 0 Å². The Kier molecular flexibility index (Phi) is 11.7. The highest BCUT2D eigenvalue weighted by Gasteiger charge is 2.43. The Morgan fingerprint density at radius 2 is 1.04 bits per heavy atom. The number of rotatable bonds is 6. The molecule has 17 heteroatoms. The number of allylic oxidation sites excluding steroid dienone is 2. The number of carbonyl (C=O) groups excluding carboxylic acids is 2. The van der Waals surface area contributed by atoms with Gasteiger partial charge in [0.15, 0.2) is 23.3 Å². The highest BCUT2D eigenvalue weighted by molar-refractivity contribution is 6.30. The number of aromatic nitrogens is 2.